The molecule has 8 heteroatoms. The summed E-state index contributed by atoms with van der Waals surface area (Å²) in [7, 11) is 0. The number of rotatable bonds is 4. The summed E-state index contributed by atoms with van der Waals surface area (Å²) < 4.78 is 15.1. The summed E-state index contributed by atoms with van der Waals surface area (Å²) in [6, 6.07) is 11.1. The number of hydrogen-bond donors (Lipinski definition) is 0. The second kappa shape index (κ2) is 9.01. The zero-order valence-corrected chi connectivity index (χ0v) is 18.9. The Morgan fingerprint density at radius 3 is 2.65 bits per heavy atom. The van der Waals surface area contributed by atoms with Gasteiger partial charge in [-0.15, -0.1) is 0 Å². The molecule has 2 heterocycles. The maximum absolute atomic E-state index is 13.7. The Morgan fingerprint density at radius 2 is 1.94 bits per heavy atom. The first-order valence-corrected chi connectivity index (χ1v) is 11.5. The predicted octanol–water partition coefficient (Wildman–Crippen LogP) is 4.92. The minimum absolute atomic E-state index is 0.0306. The number of hydrogen-bond acceptors (Lipinski definition) is 4. The molecule has 0 aliphatic carbocycles. The molecular weight excluding hydrogens is 437 g/mol. The van der Waals surface area contributed by atoms with Crippen LogP contribution in [0.5, 0.6) is 0 Å². The van der Waals surface area contributed by atoms with Crippen LogP contribution in [0, 0.1) is 11.7 Å². The van der Waals surface area contributed by atoms with Crippen molar-refractivity contribution in [2.75, 3.05) is 13.1 Å². The maximum atomic E-state index is 13.7. The molecule has 1 aliphatic rings. The number of piperidine rings is 1. The van der Waals surface area contributed by atoms with Gasteiger partial charge in [0, 0.05) is 13.1 Å². The van der Waals surface area contributed by atoms with E-state index < -0.39 is 11.1 Å². The van der Waals surface area contributed by atoms with E-state index >= 15 is 0 Å². The Hall–Kier alpha value is -2.38. The van der Waals surface area contributed by atoms with Gasteiger partial charge >= 0.3 is 0 Å². The van der Waals surface area contributed by atoms with E-state index in [2.05, 4.69) is 11.9 Å². The molecule has 4 rings (SSSR count). The first-order valence-electron chi connectivity index (χ1n) is 10.3. The van der Waals surface area contributed by atoms with Crippen molar-refractivity contribution in [3.63, 3.8) is 0 Å². The van der Waals surface area contributed by atoms with E-state index in [1.54, 1.807) is 18.2 Å². The molecule has 1 fully saturated rings. The molecule has 0 saturated carbocycles. The molecule has 2 aromatic carbocycles. The summed E-state index contributed by atoms with van der Waals surface area (Å²) in [6.07, 6.45) is 1.99. The Balaban J connectivity index is 1.74. The number of amides is 1. The smallest absolute Gasteiger partial charge is 0.266 e. The van der Waals surface area contributed by atoms with Gasteiger partial charge < -0.3 is 4.90 Å². The van der Waals surface area contributed by atoms with Crippen LogP contribution in [-0.2, 0) is 4.79 Å². The van der Waals surface area contributed by atoms with Crippen molar-refractivity contribution in [2.45, 2.75) is 37.1 Å². The number of halogens is 2. The van der Waals surface area contributed by atoms with Crippen LogP contribution in [0.2, 0.25) is 5.02 Å². The monoisotopic (exact) mass is 459 g/mol. The largest absolute Gasteiger partial charge is 0.342 e. The molecule has 1 atom stereocenters. The second-order valence-electron chi connectivity index (χ2n) is 7.92. The fourth-order valence-electron chi connectivity index (χ4n) is 3.74. The van der Waals surface area contributed by atoms with Crippen molar-refractivity contribution in [1.82, 2.24) is 14.5 Å². The van der Waals surface area contributed by atoms with Crippen molar-refractivity contribution in [3.05, 3.63) is 63.7 Å². The normalized spacial score (nSPS) is 15.9. The number of benzene rings is 2. The van der Waals surface area contributed by atoms with Crippen LogP contribution in [0.1, 0.15) is 26.7 Å². The summed E-state index contributed by atoms with van der Waals surface area (Å²) in [5, 5.41) is 0.303. The van der Waals surface area contributed by atoms with Gasteiger partial charge in [0.25, 0.3) is 5.56 Å². The van der Waals surface area contributed by atoms with Crippen LogP contribution in [0.4, 0.5) is 4.39 Å². The van der Waals surface area contributed by atoms with Gasteiger partial charge in [-0.3, -0.25) is 14.2 Å². The van der Waals surface area contributed by atoms with Crippen molar-refractivity contribution >= 4 is 40.2 Å². The van der Waals surface area contributed by atoms with Crippen molar-refractivity contribution in [1.29, 1.82) is 0 Å². The molecule has 31 heavy (non-hydrogen) atoms. The van der Waals surface area contributed by atoms with Crippen LogP contribution in [-0.4, -0.2) is 38.7 Å². The summed E-state index contributed by atoms with van der Waals surface area (Å²) in [5.74, 6) is 0.0925. The molecule has 5 nitrogen and oxygen atoms in total. The number of nitrogens with zero attached hydrogens (tertiary/aromatic N) is 3. The average molecular weight is 460 g/mol. The molecule has 0 radical (unpaired) electrons. The SMILES string of the molecule is CC1CCN(C(=O)C(C)Sc2nc3ccccc3c(=O)n2-c2ccc(F)c(Cl)c2)CC1. The summed E-state index contributed by atoms with van der Waals surface area (Å²) >= 11 is 7.21. The summed E-state index contributed by atoms with van der Waals surface area (Å²) in [4.78, 5) is 32.9. The minimum atomic E-state index is -0.565. The molecule has 1 amide bonds. The van der Waals surface area contributed by atoms with Gasteiger partial charge in [-0.05, 0) is 56.0 Å². The lowest BCUT2D eigenvalue weighted by Gasteiger charge is -2.32. The highest BCUT2D eigenvalue weighted by Crippen LogP contribution is 2.28. The van der Waals surface area contributed by atoms with E-state index in [0.717, 1.165) is 25.9 Å². The Bertz CT molecular complexity index is 1190. The molecular formula is C23H23ClFN3O2S. The van der Waals surface area contributed by atoms with Gasteiger partial charge in [-0.25, -0.2) is 9.37 Å². The fourth-order valence-corrected chi connectivity index (χ4v) is 4.92. The molecule has 0 N–H and O–H groups in total. The van der Waals surface area contributed by atoms with E-state index in [1.165, 1.54) is 34.5 Å². The molecule has 1 aliphatic heterocycles. The molecule has 0 spiro atoms. The molecule has 1 saturated heterocycles. The van der Waals surface area contributed by atoms with Crippen molar-refractivity contribution < 1.29 is 9.18 Å². The van der Waals surface area contributed by atoms with Crippen molar-refractivity contribution in [3.8, 4) is 5.69 Å². The maximum Gasteiger partial charge on any atom is 0.266 e. The third-order valence-corrected chi connectivity index (χ3v) is 6.96. The average Bonchev–Trinajstić information content (AvgIpc) is 2.76. The fraction of sp³-hybridized carbons (Fsp3) is 0.348. The number of para-hydroxylation sites is 1. The van der Waals surface area contributed by atoms with Gasteiger partial charge in [0.1, 0.15) is 5.82 Å². The number of thioether (sulfide) groups is 1. The third-order valence-electron chi connectivity index (χ3n) is 5.63. The highest BCUT2D eigenvalue weighted by molar-refractivity contribution is 8.00. The number of aromatic nitrogens is 2. The lowest BCUT2D eigenvalue weighted by atomic mass is 9.99. The first kappa shape index (κ1) is 21.8. The van der Waals surface area contributed by atoms with Gasteiger partial charge in [-0.2, -0.15) is 0 Å². The lowest BCUT2D eigenvalue weighted by Crippen LogP contribution is -2.42. The number of fused-ring (bicyclic) bond motifs is 1. The lowest BCUT2D eigenvalue weighted by molar-refractivity contribution is -0.131. The Kier molecular flexibility index (Phi) is 6.34. The minimum Gasteiger partial charge on any atom is -0.342 e. The van der Waals surface area contributed by atoms with Crippen LogP contribution in [0.3, 0.4) is 0 Å². The van der Waals surface area contributed by atoms with Crippen LogP contribution >= 0.6 is 23.4 Å². The highest BCUT2D eigenvalue weighted by Gasteiger charge is 2.27. The number of carbonyl (C=O) groups excluding carboxylic acids is 1. The Labute approximate surface area is 189 Å². The van der Waals surface area contributed by atoms with Gasteiger partial charge in [0.2, 0.25) is 5.91 Å². The zero-order chi connectivity index (χ0) is 22.1. The van der Waals surface area contributed by atoms with Crippen molar-refractivity contribution in [2.24, 2.45) is 5.92 Å². The third kappa shape index (κ3) is 4.48. The Morgan fingerprint density at radius 1 is 1.23 bits per heavy atom. The summed E-state index contributed by atoms with van der Waals surface area (Å²) in [5.41, 5.74) is 0.664. The van der Waals surface area contributed by atoms with E-state index in [4.69, 9.17) is 11.6 Å². The van der Waals surface area contributed by atoms with E-state index in [-0.39, 0.29) is 16.5 Å². The predicted molar refractivity (Wildman–Crippen MR) is 123 cm³/mol. The van der Waals surface area contributed by atoms with E-state index in [9.17, 15) is 14.0 Å². The van der Waals surface area contributed by atoms with Crippen LogP contribution in [0.15, 0.2) is 52.4 Å². The standard InChI is InChI=1S/C23H23ClFN3O2S/c1-14-9-11-27(12-10-14)21(29)15(2)31-23-26-20-6-4-3-5-17(20)22(30)28(23)16-7-8-19(25)18(24)13-16/h3-8,13-15H,9-12H2,1-2H3. The molecule has 1 aromatic heterocycles. The van der Waals surface area contributed by atoms with Crippen LogP contribution in [0.25, 0.3) is 16.6 Å². The van der Waals surface area contributed by atoms with E-state index in [0.29, 0.717) is 27.7 Å². The second-order valence-corrected chi connectivity index (χ2v) is 9.63. The molecule has 3 aromatic rings. The van der Waals surface area contributed by atoms with Gasteiger partial charge in [0.15, 0.2) is 5.16 Å². The van der Waals surface area contributed by atoms with E-state index in [1.807, 2.05) is 17.9 Å². The van der Waals surface area contributed by atoms with Gasteiger partial charge in [-0.1, -0.05) is 42.4 Å². The molecule has 162 valence electrons. The number of carbonyl (C=O) groups is 1. The van der Waals surface area contributed by atoms with Gasteiger partial charge in [0.05, 0.1) is 26.9 Å². The highest BCUT2D eigenvalue weighted by atomic mass is 35.5. The zero-order valence-electron chi connectivity index (χ0n) is 17.3. The van der Waals surface area contributed by atoms with Crippen LogP contribution < -0.4 is 5.56 Å². The first-order chi connectivity index (χ1) is 14.8. The topological polar surface area (TPSA) is 55.2 Å². The number of likely N-dealkylation sites (tertiary alicyclic amines) is 1. The summed E-state index contributed by atoms with van der Waals surface area (Å²) in [6.45, 7) is 5.52. The quantitative estimate of drug-likeness (QED) is 0.410. The molecule has 0 bridgehead atoms. The molecule has 1 unspecified atom stereocenters.